The fourth-order valence-electron chi connectivity index (χ4n) is 2.04. The van der Waals surface area contributed by atoms with Gasteiger partial charge in [-0.2, -0.15) is 14.0 Å². The van der Waals surface area contributed by atoms with E-state index in [4.69, 9.17) is 4.74 Å². The van der Waals surface area contributed by atoms with Gasteiger partial charge in [0.05, 0.1) is 7.11 Å². The van der Waals surface area contributed by atoms with Crippen LogP contribution in [0.15, 0.2) is 57.4 Å². The Bertz CT molecular complexity index is 864. The second-order valence-electron chi connectivity index (χ2n) is 4.91. The first-order valence-corrected chi connectivity index (χ1v) is 8.91. The summed E-state index contributed by atoms with van der Waals surface area (Å²) in [6, 6.07) is 13.0. The second-order valence-corrected chi connectivity index (χ2v) is 6.89. The molecule has 0 bridgehead atoms. The molecule has 0 aromatic heterocycles. The highest BCUT2D eigenvalue weighted by molar-refractivity contribution is 9.10. The normalized spacial score (nSPS) is 11.2. The molecular weight excluding hydrogens is 426 g/mol. The lowest BCUT2D eigenvalue weighted by atomic mass is 10.1. The maximum atomic E-state index is 12.3. The zero-order valence-corrected chi connectivity index (χ0v) is 15.9. The zero-order valence-electron chi connectivity index (χ0n) is 13.5. The number of alkyl halides is 2. The number of halogens is 3. The molecule has 2 aromatic carbocycles. The summed E-state index contributed by atoms with van der Waals surface area (Å²) < 4.78 is 30.6. The van der Waals surface area contributed by atoms with E-state index in [1.54, 1.807) is 18.2 Å². The first-order chi connectivity index (χ1) is 12.4. The number of thioether (sulfide) groups is 1. The average molecular weight is 439 g/mol. The van der Waals surface area contributed by atoms with Crippen molar-refractivity contribution in [1.82, 2.24) is 0 Å². The standard InChI is InChI=1S/C18H13BrF2N2O2S/c1-25-16-7-2-13(19)9-11(16)8-12(10-22)17(24)23-14-3-5-15(6-4-14)26-18(20)21/h2-9,18H,1H3,(H,23,24). The summed E-state index contributed by atoms with van der Waals surface area (Å²) in [7, 11) is 1.49. The quantitative estimate of drug-likeness (QED) is 0.376. The van der Waals surface area contributed by atoms with Crippen molar-refractivity contribution in [1.29, 1.82) is 5.26 Å². The first-order valence-electron chi connectivity index (χ1n) is 7.24. The van der Waals surface area contributed by atoms with Crippen LogP contribution in [-0.4, -0.2) is 18.8 Å². The number of nitriles is 1. The fraction of sp³-hybridized carbons (Fsp3) is 0.111. The van der Waals surface area contributed by atoms with Gasteiger partial charge in [0.2, 0.25) is 0 Å². The van der Waals surface area contributed by atoms with Gasteiger partial charge in [-0.3, -0.25) is 4.79 Å². The molecule has 0 saturated heterocycles. The lowest BCUT2D eigenvalue weighted by molar-refractivity contribution is -0.112. The number of carbonyl (C=O) groups is 1. The molecule has 0 spiro atoms. The topological polar surface area (TPSA) is 62.1 Å². The monoisotopic (exact) mass is 438 g/mol. The Kier molecular flexibility index (Phi) is 7.18. The van der Waals surface area contributed by atoms with Crippen LogP contribution in [0.5, 0.6) is 5.75 Å². The lowest BCUT2D eigenvalue weighted by Gasteiger charge is -2.08. The van der Waals surface area contributed by atoms with Crippen LogP contribution in [0.4, 0.5) is 14.5 Å². The summed E-state index contributed by atoms with van der Waals surface area (Å²) >= 11 is 3.74. The molecule has 0 unspecified atom stereocenters. The van der Waals surface area contributed by atoms with Gasteiger partial charge in [-0.1, -0.05) is 27.7 Å². The third-order valence-electron chi connectivity index (χ3n) is 3.19. The maximum absolute atomic E-state index is 12.3. The lowest BCUT2D eigenvalue weighted by Crippen LogP contribution is -2.13. The first kappa shape index (κ1) is 19.9. The molecule has 2 aromatic rings. The molecular formula is C18H13BrF2N2O2S. The van der Waals surface area contributed by atoms with Gasteiger partial charge in [-0.05, 0) is 48.5 Å². The van der Waals surface area contributed by atoms with E-state index in [2.05, 4.69) is 21.2 Å². The molecule has 2 rings (SSSR count). The van der Waals surface area contributed by atoms with E-state index >= 15 is 0 Å². The molecule has 1 N–H and O–H groups in total. The summed E-state index contributed by atoms with van der Waals surface area (Å²) in [4.78, 5) is 12.7. The molecule has 0 fully saturated rings. The molecule has 0 aliphatic carbocycles. The van der Waals surface area contributed by atoms with Crippen LogP contribution in [-0.2, 0) is 4.79 Å². The number of ether oxygens (including phenoxy) is 1. The van der Waals surface area contributed by atoms with Crippen LogP contribution >= 0.6 is 27.7 Å². The van der Waals surface area contributed by atoms with E-state index in [-0.39, 0.29) is 5.57 Å². The number of nitrogens with zero attached hydrogens (tertiary/aromatic N) is 1. The minimum Gasteiger partial charge on any atom is -0.496 e. The van der Waals surface area contributed by atoms with Gasteiger partial charge in [0.25, 0.3) is 11.7 Å². The number of methoxy groups -OCH3 is 1. The van der Waals surface area contributed by atoms with Gasteiger partial charge in [0.15, 0.2) is 0 Å². The molecule has 0 atom stereocenters. The van der Waals surface area contributed by atoms with E-state index in [0.717, 1.165) is 4.47 Å². The molecule has 0 radical (unpaired) electrons. The van der Waals surface area contributed by atoms with Crippen molar-refractivity contribution in [2.24, 2.45) is 0 Å². The SMILES string of the molecule is COc1ccc(Br)cc1C=C(C#N)C(=O)Nc1ccc(SC(F)F)cc1. The Morgan fingerprint density at radius 3 is 2.58 bits per heavy atom. The fourth-order valence-corrected chi connectivity index (χ4v) is 2.92. The van der Waals surface area contributed by atoms with Crippen molar-refractivity contribution in [2.45, 2.75) is 10.7 Å². The number of amides is 1. The van der Waals surface area contributed by atoms with E-state index < -0.39 is 11.7 Å². The average Bonchev–Trinajstić information content (AvgIpc) is 2.61. The summed E-state index contributed by atoms with van der Waals surface area (Å²) in [5.41, 5.74) is 0.848. The molecule has 0 heterocycles. The van der Waals surface area contributed by atoms with Gasteiger partial charge >= 0.3 is 0 Å². The number of rotatable bonds is 6. The van der Waals surface area contributed by atoms with E-state index in [1.807, 2.05) is 6.07 Å². The molecule has 8 heteroatoms. The minimum absolute atomic E-state index is 0.118. The number of hydrogen-bond donors (Lipinski definition) is 1. The number of hydrogen-bond acceptors (Lipinski definition) is 4. The zero-order chi connectivity index (χ0) is 19.1. The highest BCUT2D eigenvalue weighted by atomic mass is 79.9. The van der Waals surface area contributed by atoms with E-state index in [1.165, 1.54) is 37.5 Å². The predicted octanol–water partition coefficient (Wildman–Crippen LogP) is 5.32. The predicted molar refractivity (Wildman–Crippen MR) is 101 cm³/mol. The van der Waals surface area contributed by atoms with Crippen molar-refractivity contribution in [3.8, 4) is 11.8 Å². The van der Waals surface area contributed by atoms with Crippen LogP contribution in [0.2, 0.25) is 0 Å². The Balaban J connectivity index is 2.19. The van der Waals surface area contributed by atoms with Crippen molar-refractivity contribution in [3.63, 3.8) is 0 Å². The maximum Gasteiger partial charge on any atom is 0.288 e. The van der Waals surface area contributed by atoms with Crippen molar-refractivity contribution >= 4 is 45.4 Å². The van der Waals surface area contributed by atoms with E-state index in [9.17, 15) is 18.8 Å². The van der Waals surface area contributed by atoms with Crippen LogP contribution in [0, 0.1) is 11.3 Å². The summed E-state index contributed by atoms with van der Waals surface area (Å²) in [5.74, 6) is -2.60. The van der Waals surface area contributed by atoms with Gasteiger partial charge < -0.3 is 10.1 Å². The number of nitrogens with one attached hydrogen (secondary N) is 1. The highest BCUT2D eigenvalue weighted by Gasteiger charge is 2.12. The van der Waals surface area contributed by atoms with Crippen molar-refractivity contribution in [2.75, 3.05) is 12.4 Å². The van der Waals surface area contributed by atoms with Crippen molar-refractivity contribution < 1.29 is 18.3 Å². The van der Waals surface area contributed by atoms with Crippen LogP contribution < -0.4 is 10.1 Å². The summed E-state index contributed by atoms with van der Waals surface area (Å²) in [6.07, 6.45) is 1.42. The number of anilines is 1. The summed E-state index contributed by atoms with van der Waals surface area (Å²) in [5, 5.41) is 11.9. The third kappa shape index (κ3) is 5.58. The molecule has 1 amide bonds. The molecule has 26 heavy (non-hydrogen) atoms. The second kappa shape index (κ2) is 9.36. The van der Waals surface area contributed by atoms with Crippen LogP contribution in [0.3, 0.4) is 0 Å². The van der Waals surface area contributed by atoms with Crippen LogP contribution in [0.25, 0.3) is 6.08 Å². The molecule has 0 aliphatic rings. The minimum atomic E-state index is -2.51. The molecule has 134 valence electrons. The van der Waals surface area contributed by atoms with Gasteiger partial charge in [0, 0.05) is 20.6 Å². The Hall–Kier alpha value is -2.37. The Morgan fingerprint density at radius 2 is 2.00 bits per heavy atom. The van der Waals surface area contributed by atoms with Gasteiger partial charge in [-0.15, -0.1) is 0 Å². The smallest absolute Gasteiger partial charge is 0.288 e. The van der Waals surface area contributed by atoms with Gasteiger partial charge in [0.1, 0.15) is 17.4 Å². The number of carbonyl (C=O) groups excluding carboxylic acids is 1. The largest absolute Gasteiger partial charge is 0.496 e. The Labute approximate surface area is 162 Å². The van der Waals surface area contributed by atoms with Crippen molar-refractivity contribution in [3.05, 3.63) is 58.1 Å². The highest BCUT2D eigenvalue weighted by Crippen LogP contribution is 2.27. The van der Waals surface area contributed by atoms with Gasteiger partial charge in [-0.25, -0.2) is 0 Å². The van der Waals surface area contributed by atoms with E-state index in [0.29, 0.717) is 33.7 Å². The molecule has 4 nitrogen and oxygen atoms in total. The third-order valence-corrected chi connectivity index (χ3v) is 4.41. The molecule has 0 saturated carbocycles. The van der Waals surface area contributed by atoms with Crippen LogP contribution in [0.1, 0.15) is 5.56 Å². The summed E-state index contributed by atoms with van der Waals surface area (Å²) in [6.45, 7) is 0. The number of benzene rings is 2. The Morgan fingerprint density at radius 1 is 1.31 bits per heavy atom. The molecule has 0 aliphatic heterocycles.